The average molecular weight is 324 g/mol. The van der Waals surface area contributed by atoms with Crippen LogP contribution in [-0.4, -0.2) is 26.5 Å². The summed E-state index contributed by atoms with van der Waals surface area (Å²) >= 11 is 11.9. The lowest BCUT2D eigenvalue weighted by atomic mass is 10.1. The number of ketones is 1. The second-order valence-corrected chi connectivity index (χ2v) is 5.45. The minimum absolute atomic E-state index is 0.0602. The van der Waals surface area contributed by atoms with Crippen LogP contribution in [0.5, 0.6) is 5.75 Å². The van der Waals surface area contributed by atoms with Gasteiger partial charge >= 0.3 is 0 Å². The Hall–Kier alpha value is -1.71. The van der Waals surface area contributed by atoms with Crippen LogP contribution in [0.3, 0.4) is 0 Å². The van der Waals surface area contributed by atoms with Gasteiger partial charge in [0.2, 0.25) is 0 Å². The van der Waals surface area contributed by atoms with E-state index in [2.05, 4.69) is 0 Å². The van der Waals surface area contributed by atoms with Crippen molar-refractivity contribution in [1.29, 1.82) is 0 Å². The molecule has 3 nitrogen and oxygen atoms in total. The standard InChI is InChI=1S/C16H15Cl2NO2/c1-19(12-4-6-13(21-2)7-5-12)10-16(20)14-8-3-11(17)9-15(14)18/h3-9H,10H2,1-2H3. The first kappa shape index (κ1) is 15.7. The Bertz CT molecular complexity index is 641. The number of rotatable bonds is 5. The number of hydrogen-bond acceptors (Lipinski definition) is 3. The molecule has 2 aromatic carbocycles. The molecular formula is C16H15Cl2NO2. The molecule has 110 valence electrons. The lowest BCUT2D eigenvalue weighted by Crippen LogP contribution is -2.25. The first-order chi connectivity index (χ1) is 10.0. The highest BCUT2D eigenvalue weighted by atomic mass is 35.5. The highest BCUT2D eigenvalue weighted by molar-refractivity contribution is 6.36. The summed E-state index contributed by atoms with van der Waals surface area (Å²) in [5, 5.41) is 0.885. The molecule has 2 aromatic rings. The number of carbonyl (C=O) groups excluding carboxylic acids is 1. The van der Waals surface area contributed by atoms with E-state index in [1.807, 2.05) is 36.2 Å². The zero-order valence-electron chi connectivity index (χ0n) is 11.8. The highest BCUT2D eigenvalue weighted by Crippen LogP contribution is 2.23. The van der Waals surface area contributed by atoms with Crippen molar-refractivity contribution in [2.24, 2.45) is 0 Å². The molecule has 0 aliphatic carbocycles. The van der Waals surface area contributed by atoms with Crippen LogP contribution in [-0.2, 0) is 0 Å². The van der Waals surface area contributed by atoms with Crippen molar-refractivity contribution in [2.75, 3.05) is 25.6 Å². The summed E-state index contributed by atoms with van der Waals surface area (Å²) in [5.41, 5.74) is 1.40. The van der Waals surface area contributed by atoms with Gasteiger partial charge in [-0.2, -0.15) is 0 Å². The summed E-state index contributed by atoms with van der Waals surface area (Å²) in [4.78, 5) is 14.1. The molecule has 0 aromatic heterocycles. The quantitative estimate of drug-likeness (QED) is 0.767. The van der Waals surface area contributed by atoms with E-state index in [1.165, 1.54) is 0 Å². The Labute approximate surface area is 134 Å². The number of methoxy groups -OCH3 is 1. The third-order valence-electron chi connectivity index (χ3n) is 3.13. The molecule has 5 heteroatoms. The van der Waals surface area contributed by atoms with Gasteiger partial charge < -0.3 is 9.64 Å². The van der Waals surface area contributed by atoms with Crippen LogP contribution in [0.15, 0.2) is 42.5 Å². The first-order valence-electron chi connectivity index (χ1n) is 6.34. The van der Waals surface area contributed by atoms with E-state index in [0.717, 1.165) is 11.4 Å². The van der Waals surface area contributed by atoms with Crippen molar-refractivity contribution in [2.45, 2.75) is 0 Å². The van der Waals surface area contributed by atoms with Crippen LogP contribution in [0.1, 0.15) is 10.4 Å². The summed E-state index contributed by atoms with van der Waals surface area (Å²) in [7, 11) is 3.47. The van der Waals surface area contributed by atoms with Gasteiger partial charge in [-0.05, 0) is 42.5 Å². The maximum atomic E-state index is 12.3. The molecule has 0 N–H and O–H groups in total. The number of anilines is 1. The Balaban J connectivity index is 2.10. The summed E-state index contributed by atoms with van der Waals surface area (Å²) in [6, 6.07) is 12.4. The van der Waals surface area contributed by atoms with Crippen LogP contribution in [0.2, 0.25) is 10.0 Å². The number of ether oxygens (including phenoxy) is 1. The van der Waals surface area contributed by atoms with Crippen molar-refractivity contribution < 1.29 is 9.53 Å². The molecule has 2 rings (SSSR count). The van der Waals surface area contributed by atoms with Gasteiger partial charge in [-0.1, -0.05) is 23.2 Å². The van der Waals surface area contributed by atoms with Gasteiger partial charge in [-0.15, -0.1) is 0 Å². The second-order valence-electron chi connectivity index (χ2n) is 4.60. The Morgan fingerprint density at radius 3 is 2.38 bits per heavy atom. The Morgan fingerprint density at radius 1 is 1.14 bits per heavy atom. The SMILES string of the molecule is COc1ccc(N(C)CC(=O)c2ccc(Cl)cc2Cl)cc1. The molecule has 0 atom stereocenters. The minimum atomic E-state index is -0.0602. The largest absolute Gasteiger partial charge is 0.497 e. The normalized spacial score (nSPS) is 10.3. The van der Waals surface area contributed by atoms with Gasteiger partial charge in [0.05, 0.1) is 18.7 Å². The molecule has 21 heavy (non-hydrogen) atoms. The molecule has 0 radical (unpaired) electrons. The lowest BCUT2D eigenvalue weighted by Gasteiger charge is -2.19. The summed E-state index contributed by atoms with van der Waals surface area (Å²) in [5.74, 6) is 0.717. The van der Waals surface area contributed by atoms with Crippen LogP contribution < -0.4 is 9.64 Å². The fourth-order valence-electron chi connectivity index (χ4n) is 1.94. The molecule has 0 amide bonds. The topological polar surface area (TPSA) is 29.5 Å². The zero-order valence-corrected chi connectivity index (χ0v) is 13.3. The smallest absolute Gasteiger partial charge is 0.183 e. The number of benzene rings is 2. The third-order valence-corrected chi connectivity index (χ3v) is 3.67. The molecule has 0 bridgehead atoms. The van der Waals surface area contributed by atoms with E-state index >= 15 is 0 Å². The van der Waals surface area contributed by atoms with E-state index in [9.17, 15) is 4.79 Å². The number of nitrogens with zero attached hydrogens (tertiary/aromatic N) is 1. The summed E-state index contributed by atoms with van der Waals surface area (Å²) in [6.07, 6.45) is 0. The first-order valence-corrected chi connectivity index (χ1v) is 7.10. The van der Waals surface area contributed by atoms with E-state index < -0.39 is 0 Å². The highest BCUT2D eigenvalue weighted by Gasteiger charge is 2.13. The molecule has 0 aliphatic rings. The molecule has 0 fully saturated rings. The van der Waals surface area contributed by atoms with E-state index in [-0.39, 0.29) is 12.3 Å². The number of likely N-dealkylation sites (N-methyl/N-ethyl adjacent to an activating group) is 1. The maximum Gasteiger partial charge on any atom is 0.183 e. The average Bonchev–Trinajstić information content (AvgIpc) is 2.47. The van der Waals surface area contributed by atoms with E-state index in [4.69, 9.17) is 27.9 Å². The van der Waals surface area contributed by atoms with Crippen molar-refractivity contribution in [3.8, 4) is 5.75 Å². The van der Waals surface area contributed by atoms with E-state index in [1.54, 1.807) is 25.3 Å². The fraction of sp³-hybridized carbons (Fsp3) is 0.188. The van der Waals surface area contributed by atoms with Crippen LogP contribution >= 0.6 is 23.2 Å². The van der Waals surface area contributed by atoms with Gasteiger partial charge in [0.1, 0.15) is 5.75 Å². The van der Waals surface area contributed by atoms with Gasteiger partial charge in [0.25, 0.3) is 0 Å². The molecule has 0 saturated heterocycles. The molecular weight excluding hydrogens is 309 g/mol. The summed E-state index contributed by atoms with van der Waals surface area (Å²) in [6.45, 7) is 0.230. The van der Waals surface area contributed by atoms with Crippen LogP contribution in [0, 0.1) is 0 Å². The second kappa shape index (κ2) is 6.83. The Kier molecular flexibility index (Phi) is 5.10. The molecule has 0 unspecified atom stereocenters. The molecule has 0 heterocycles. The van der Waals surface area contributed by atoms with E-state index in [0.29, 0.717) is 15.6 Å². The van der Waals surface area contributed by atoms with Gasteiger partial charge in [0.15, 0.2) is 5.78 Å². The number of carbonyl (C=O) groups is 1. The molecule has 0 aliphatic heterocycles. The van der Waals surface area contributed by atoms with Gasteiger partial charge in [-0.25, -0.2) is 0 Å². The lowest BCUT2D eigenvalue weighted by molar-refractivity contribution is 0.100. The van der Waals surface area contributed by atoms with Crippen molar-refractivity contribution in [1.82, 2.24) is 0 Å². The number of halogens is 2. The van der Waals surface area contributed by atoms with Gasteiger partial charge in [0, 0.05) is 23.3 Å². The third kappa shape index (κ3) is 3.90. The van der Waals surface area contributed by atoms with Crippen molar-refractivity contribution in [3.63, 3.8) is 0 Å². The van der Waals surface area contributed by atoms with Crippen LogP contribution in [0.25, 0.3) is 0 Å². The Morgan fingerprint density at radius 2 is 1.81 bits per heavy atom. The molecule has 0 saturated carbocycles. The van der Waals surface area contributed by atoms with Gasteiger partial charge in [-0.3, -0.25) is 4.79 Å². The minimum Gasteiger partial charge on any atom is -0.497 e. The molecule has 0 spiro atoms. The monoisotopic (exact) mass is 323 g/mol. The number of hydrogen-bond donors (Lipinski definition) is 0. The van der Waals surface area contributed by atoms with Crippen LogP contribution in [0.4, 0.5) is 5.69 Å². The number of Topliss-reactive ketones (excluding diaryl/α,β-unsaturated/α-hetero) is 1. The predicted octanol–water partition coefficient (Wildman–Crippen LogP) is 4.32. The summed E-state index contributed by atoms with van der Waals surface area (Å²) < 4.78 is 5.11. The predicted molar refractivity (Wildman–Crippen MR) is 87.1 cm³/mol. The fourth-order valence-corrected chi connectivity index (χ4v) is 2.46. The maximum absolute atomic E-state index is 12.3. The van der Waals surface area contributed by atoms with Crippen molar-refractivity contribution >= 4 is 34.7 Å². The zero-order chi connectivity index (χ0) is 15.4. The van der Waals surface area contributed by atoms with Crippen molar-refractivity contribution in [3.05, 3.63) is 58.1 Å².